The minimum Gasteiger partial charge on any atom is -0.198 e. The van der Waals surface area contributed by atoms with Gasteiger partial charge in [0.2, 0.25) is 22.8 Å². The lowest BCUT2D eigenvalue weighted by atomic mass is 9.78. The van der Waals surface area contributed by atoms with E-state index in [2.05, 4.69) is 292 Å². The molecular formula is C74H86N4+2. The van der Waals surface area contributed by atoms with Crippen LogP contribution in [0.25, 0.3) is 22.3 Å². The Bertz CT molecular complexity index is 3910. The van der Waals surface area contributed by atoms with Crippen LogP contribution in [0.15, 0.2) is 133 Å². The number of aryl methyl sites for hydroxylation is 1. The van der Waals surface area contributed by atoms with E-state index in [4.69, 9.17) is 0 Å². The quantitative estimate of drug-likeness (QED) is 0.156. The number of aromatic nitrogens is 2. The first-order valence-corrected chi connectivity index (χ1v) is 29.0. The van der Waals surface area contributed by atoms with Crippen molar-refractivity contribution in [2.45, 2.75) is 196 Å². The Morgan fingerprint density at radius 1 is 0.308 bits per heavy atom. The van der Waals surface area contributed by atoms with Crippen LogP contribution in [0.1, 0.15) is 224 Å². The van der Waals surface area contributed by atoms with Crippen LogP contribution in [0.3, 0.4) is 0 Å². The summed E-state index contributed by atoms with van der Waals surface area (Å²) < 4.78 is 11.1. The number of rotatable bonds is 4. The minimum atomic E-state index is -0.904. The van der Waals surface area contributed by atoms with Gasteiger partial charge in [0, 0.05) is 24.3 Å². The molecule has 12 rings (SSSR count). The fourth-order valence-electron chi connectivity index (χ4n) is 13.2. The smallest absolute Gasteiger partial charge is 0.198 e. The molecule has 0 amide bonds. The molecule has 0 bridgehead atoms. The van der Waals surface area contributed by atoms with Gasteiger partial charge in [-0.05, 0) is 130 Å². The summed E-state index contributed by atoms with van der Waals surface area (Å²) in [4.78, 5) is 0. The first-order valence-electron chi connectivity index (χ1n) is 29.0. The molecule has 0 radical (unpaired) electrons. The zero-order chi connectivity index (χ0) is 56.3. The van der Waals surface area contributed by atoms with Gasteiger partial charge in [-0.15, -0.1) is 0 Å². The summed E-state index contributed by atoms with van der Waals surface area (Å²) in [6, 6.07) is 39.7. The molecule has 400 valence electrons. The summed E-state index contributed by atoms with van der Waals surface area (Å²) in [5, 5.41) is 2.46. The van der Waals surface area contributed by atoms with Crippen LogP contribution in [0.2, 0.25) is 0 Å². The second kappa shape index (κ2) is 16.1. The summed E-state index contributed by atoms with van der Waals surface area (Å²) in [5.41, 5.74) is 27.7. The Kier molecular flexibility index (Phi) is 10.8. The Morgan fingerprint density at radius 2 is 0.590 bits per heavy atom. The molecule has 0 N–H and O–H groups in total. The molecule has 1 atom stereocenters. The minimum absolute atomic E-state index is 0.0431. The van der Waals surface area contributed by atoms with Gasteiger partial charge in [0.15, 0.2) is 0 Å². The van der Waals surface area contributed by atoms with Crippen molar-refractivity contribution in [2.24, 2.45) is 0 Å². The average molecular weight is 1030 g/mol. The molecule has 8 heterocycles. The fourth-order valence-corrected chi connectivity index (χ4v) is 13.2. The average Bonchev–Trinajstić information content (AvgIpc) is 2.08. The van der Waals surface area contributed by atoms with Crippen molar-refractivity contribution >= 4 is 33.7 Å². The van der Waals surface area contributed by atoms with E-state index in [0.717, 1.165) is 0 Å². The maximum Gasteiger partial charge on any atom is 0.553 e. The lowest BCUT2D eigenvalue weighted by Crippen LogP contribution is -2.71. The number of hydrogen-bond acceptors (Lipinski definition) is 0. The van der Waals surface area contributed by atoms with Gasteiger partial charge in [0.25, 0.3) is 0 Å². The molecule has 6 aliphatic heterocycles. The number of benzene rings is 4. The van der Waals surface area contributed by atoms with Gasteiger partial charge in [-0.2, -0.15) is 9.13 Å². The molecule has 4 aromatic carbocycles. The monoisotopic (exact) mass is 1030 g/mol. The third kappa shape index (κ3) is 7.57. The van der Waals surface area contributed by atoms with Crippen molar-refractivity contribution in [3.8, 4) is 0 Å². The van der Waals surface area contributed by atoms with Crippen LogP contribution in [0.5, 0.6) is 0 Å². The molecule has 0 fully saturated rings. The molecule has 4 nitrogen and oxygen atoms in total. The van der Waals surface area contributed by atoms with Crippen LogP contribution in [-0.2, 0) is 43.8 Å². The second-order valence-corrected chi connectivity index (χ2v) is 31.1. The molecule has 6 aliphatic rings. The number of hydrogen-bond donors (Lipinski definition) is 0. The molecule has 0 saturated carbocycles. The molecule has 1 spiro atoms. The van der Waals surface area contributed by atoms with E-state index >= 15 is 0 Å². The van der Waals surface area contributed by atoms with E-state index in [-0.39, 0.29) is 37.9 Å². The van der Waals surface area contributed by atoms with Crippen molar-refractivity contribution in [2.75, 3.05) is 0 Å². The van der Waals surface area contributed by atoms with Crippen molar-refractivity contribution in [1.29, 1.82) is 0 Å². The zero-order valence-corrected chi connectivity index (χ0v) is 51.3. The van der Waals surface area contributed by atoms with Crippen molar-refractivity contribution < 1.29 is 9.15 Å². The summed E-state index contributed by atoms with van der Waals surface area (Å²) in [5.74, 6) is -0.904. The lowest BCUT2D eigenvalue weighted by Gasteiger charge is -2.41. The number of allylic oxidation sites excluding steroid dienone is 4. The third-order valence-corrected chi connectivity index (χ3v) is 17.9. The van der Waals surface area contributed by atoms with Crippen LogP contribution < -0.4 is 10.7 Å². The van der Waals surface area contributed by atoms with Gasteiger partial charge in [0.1, 0.15) is 0 Å². The predicted molar refractivity (Wildman–Crippen MR) is 329 cm³/mol. The summed E-state index contributed by atoms with van der Waals surface area (Å²) in [6.07, 6.45) is 9.88. The standard InChI is InChI=1S/C74H86N4/c1-43-31-44(33-48(32-43)67(2,3)4)63-55-23-25-57-64(45-34-49(68(5,6)7)40-50(35-45)69(8,9)10)59-27-29-61-66(47-38-53(72(17,18)19)42-54(39-47)73(20,21)22)62-30-28-60-65(46-36-51(70(11,12)13)41-52(37-46)71(14,15)16)58-26-24-56(63)76(58)74(75(55)57,77(59)61)78(60)62/h23-42H,1-22H3/q+2. The van der Waals surface area contributed by atoms with E-state index in [0.29, 0.717) is 0 Å². The second-order valence-electron chi connectivity index (χ2n) is 31.1. The van der Waals surface area contributed by atoms with E-state index in [9.17, 15) is 0 Å². The van der Waals surface area contributed by atoms with Crippen LogP contribution in [0.4, 0.5) is 0 Å². The van der Waals surface area contributed by atoms with Gasteiger partial charge in [-0.3, -0.25) is 0 Å². The summed E-state index contributed by atoms with van der Waals surface area (Å²) in [6.45, 7) is 52.0. The van der Waals surface area contributed by atoms with Gasteiger partial charge in [0.05, 0.1) is 44.4 Å². The van der Waals surface area contributed by atoms with Crippen LogP contribution in [0, 0.1) is 6.92 Å². The highest BCUT2D eigenvalue weighted by Gasteiger charge is 2.73. The van der Waals surface area contributed by atoms with Crippen LogP contribution >= 0.6 is 0 Å². The van der Waals surface area contributed by atoms with Gasteiger partial charge < -0.3 is 0 Å². The van der Waals surface area contributed by atoms with Gasteiger partial charge in [-0.1, -0.05) is 233 Å². The van der Waals surface area contributed by atoms with E-state index in [1.807, 2.05) is 0 Å². The Balaban J connectivity index is 1.33. The normalized spacial score (nSPS) is 18.8. The molecule has 6 aromatic rings. The van der Waals surface area contributed by atoms with Gasteiger partial charge in [-0.25, -0.2) is 0 Å². The number of nitrogens with zero attached hydrogens (tertiary/aromatic N) is 4. The summed E-state index contributed by atoms with van der Waals surface area (Å²) >= 11 is 0. The topological polar surface area (TPSA) is 15.9 Å². The van der Waals surface area contributed by atoms with Gasteiger partial charge >= 0.3 is 5.91 Å². The first-order chi connectivity index (χ1) is 36.0. The summed E-state index contributed by atoms with van der Waals surface area (Å²) in [7, 11) is 0. The Labute approximate surface area is 467 Å². The highest BCUT2D eigenvalue weighted by atomic mass is 15.6. The molecule has 0 aliphatic carbocycles. The van der Waals surface area contributed by atoms with Crippen molar-refractivity contribution in [3.05, 3.63) is 222 Å². The van der Waals surface area contributed by atoms with E-state index in [1.165, 1.54) is 134 Å². The largest absolute Gasteiger partial charge is 0.553 e. The molecule has 2 aromatic heterocycles. The highest BCUT2D eigenvalue weighted by Crippen LogP contribution is 2.54. The Hall–Kier alpha value is -6.52. The molecular weight excluding hydrogens is 945 g/mol. The maximum atomic E-state index is 2.79. The zero-order valence-electron chi connectivity index (χ0n) is 51.3. The van der Waals surface area contributed by atoms with E-state index < -0.39 is 5.91 Å². The highest BCUT2D eigenvalue weighted by molar-refractivity contribution is 6.29. The predicted octanol–water partition coefficient (Wildman–Crippen LogP) is 15.8. The fraction of sp³-hybridized carbons (Fsp3) is 0.405. The first kappa shape index (κ1) is 52.2. The SMILES string of the molecule is Cc1cc(C2=c3ccc4n3C35n6c(ccc6C(c6cc(C(C)(C)C)cc(C(C)(C)C)c6)=C6C=CC(=[N+]63)C=4c3cc(C(C)(C)C)cc(C(C)(C)C)c3)C(c3cc(C(C)(C)C)cc(C(C)(C)C)c3)=C3C=CC2=[N+]35)cc(C(C)(C)C)c1. The van der Waals surface area contributed by atoms with E-state index in [1.54, 1.807) is 0 Å². The third-order valence-electron chi connectivity index (χ3n) is 17.9. The molecule has 78 heavy (non-hydrogen) atoms. The maximum absolute atomic E-state index is 2.79. The Morgan fingerprint density at radius 3 is 0.897 bits per heavy atom. The van der Waals surface area contributed by atoms with Crippen LogP contribution in [-0.4, -0.2) is 29.7 Å². The lowest BCUT2D eigenvalue weighted by molar-refractivity contribution is -0.834. The molecule has 1 unspecified atom stereocenters. The molecule has 0 saturated heterocycles. The van der Waals surface area contributed by atoms with Crippen molar-refractivity contribution in [3.63, 3.8) is 0 Å². The molecule has 4 heteroatoms. The van der Waals surface area contributed by atoms with Crippen molar-refractivity contribution in [1.82, 2.24) is 9.13 Å².